The summed E-state index contributed by atoms with van der Waals surface area (Å²) < 4.78 is 0. The van der Waals surface area contributed by atoms with Crippen LogP contribution in [0.3, 0.4) is 0 Å². The quantitative estimate of drug-likeness (QED) is 0.250. The summed E-state index contributed by atoms with van der Waals surface area (Å²) in [7, 11) is 0. The van der Waals surface area contributed by atoms with Crippen molar-refractivity contribution in [3.8, 4) is 0 Å². The van der Waals surface area contributed by atoms with Gasteiger partial charge in [-0.3, -0.25) is 0 Å². The minimum absolute atomic E-state index is 0. The molecule has 0 aromatic heterocycles. The Hall–Kier alpha value is 1.06. The van der Waals surface area contributed by atoms with Crippen LogP contribution in [0.1, 0.15) is 0 Å². The van der Waals surface area contributed by atoms with Crippen LogP contribution in [-0.4, -0.2) is 59.2 Å². The zero-order valence-electron chi connectivity index (χ0n) is 2.90. The molecule has 0 bridgehead atoms. The maximum atomic E-state index is 6.62. The van der Waals surface area contributed by atoms with E-state index in [1.807, 2.05) is 0 Å². The van der Waals surface area contributed by atoms with Crippen LogP contribution in [0.25, 0.3) is 0 Å². The van der Waals surface area contributed by atoms with E-state index >= 15 is 0 Å². The van der Waals surface area contributed by atoms with Crippen LogP contribution >= 0.6 is 0 Å². The van der Waals surface area contributed by atoms with E-state index in [0.717, 1.165) is 0 Å². The van der Waals surface area contributed by atoms with Gasteiger partial charge in [-0.2, -0.15) is 0 Å². The minimum Gasteiger partial charge on any atom is -0.870 e. The van der Waals surface area contributed by atoms with E-state index in [2.05, 4.69) is 5.04 Å². The van der Waals surface area contributed by atoms with Gasteiger partial charge in [-0.05, 0) is 0 Å². The maximum Gasteiger partial charge on any atom is 2.00 e. The van der Waals surface area contributed by atoms with Crippen LogP contribution in [0.4, 0.5) is 0 Å². The molecule has 0 aromatic rings. The Bertz CT molecular complexity index is 3.90. The summed E-state index contributed by atoms with van der Waals surface area (Å²) in [6.07, 6.45) is 0. The molecule has 0 unspecified atom stereocenters. The first kappa shape index (κ1) is 27.7. The average Bonchev–Trinajstić information content (AvgIpc) is 0.918. The van der Waals surface area contributed by atoms with Gasteiger partial charge >= 0.3 is 37.7 Å². The molecule has 0 saturated heterocycles. The molecule has 0 spiro atoms. The topological polar surface area (TPSA) is 110 Å². The first-order valence-corrected chi connectivity index (χ1v) is 0.365. The predicted molar refractivity (Wildman–Crippen MR) is 16.0 cm³/mol. The second-order valence-corrected chi connectivity index (χ2v) is 0.0816. The van der Waals surface area contributed by atoms with Gasteiger partial charge in [0.05, 0.1) is 0 Å². The van der Waals surface area contributed by atoms with Crippen molar-refractivity contribution in [3.05, 3.63) is 0 Å². The Kier molecular flexibility index (Phi) is 169. The molecule has 0 rings (SSSR count). The molecule has 0 radical (unpaired) electrons. The number of hydrogen-bond acceptors (Lipinski definition) is 5. The van der Waals surface area contributed by atoms with Gasteiger partial charge in [-0.1, -0.05) is 5.04 Å². The third-order valence-electron chi connectivity index (χ3n) is 0. The van der Waals surface area contributed by atoms with Crippen molar-refractivity contribution in [2.24, 2.45) is 0 Å². The van der Waals surface area contributed by atoms with Crippen molar-refractivity contribution >= 4 is 37.7 Å². The largest absolute Gasteiger partial charge is 2.00 e. The first-order valence-electron chi connectivity index (χ1n) is 0.365. The molecule has 6 heavy (non-hydrogen) atoms. The van der Waals surface area contributed by atoms with E-state index in [1.54, 1.807) is 0 Å². The van der Waals surface area contributed by atoms with Crippen LogP contribution in [0.2, 0.25) is 0 Å². The van der Waals surface area contributed by atoms with Gasteiger partial charge in [0.25, 0.3) is 0 Å². The predicted octanol–water partition coefficient (Wildman–Crippen LogP) is -0.785. The molecular weight excluding hydrogens is 120 g/mol. The smallest absolute Gasteiger partial charge is 0.870 e. The third-order valence-corrected chi connectivity index (χ3v) is 0. The Balaban J connectivity index is -0.00000000667. The minimum atomic E-state index is 0. The van der Waals surface area contributed by atoms with E-state index < -0.39 is 0 Å². The van der Waals surface area contributed by atoms with Crippen LogP contribution in [0.5, 0.6) is 0 Å². The fourth-order valence-electron chi connectivity index (χ4n) is 0. The van der Waals surface area contributed by atoms with E-state index in [1.165, 1.54) is 0 Å². The summed E-state index contributed by atoms with van der Waals surface area (Å²) in [4.78, 5) is 0. The van der Waals surface area contributed by atoms with Crippen molar-refractivity contribution < 1.29 is 26.5 Å². The molecule has 0 aliphatic heterocycles. The molecule has 0 amide bonds. The van der Waals surface area contributed by atoms with Gasteiger partial charge in [-0.25, -0.2) is 10.5 Å². The summed E-state index contributed by atoms with van der Waals surface area (Å²) in [6.45, 7) is 0. The van der Waals surface area contributed by atoms with Crippen LogP contribution in [0, 0.1) is 0 Å². The fraction of sp³-hybridized carbons (Fsp3) is 0. The second kappa shape index (κ2) is 36.6. The molecule has 6 heteroatoms. The molecule has 0 fully saturated rings. The van der Waals surface area contributed by atoms with E-state index in [9.17, 15) is 0 Å². The van der Waals surface area contributed by atoms with E-state index in [0.29, 0.717) is 0 Å². The van der Waals surface area contributed by atoms with E-state index in [4.69, 9.17) is 10.5 Å². The SMILES string of the molecule is OOO.[Ca+2].[OH-].[OH-]. The molecule has 0 aliphatic carbocycles. The third kappa shape index (κ3) is 74.3. The van der Waals surface area contributed by atoms with Gasteiger partial charge < -0.3 is 11.0 Å². The van der Waals surface area contributed by atoms with Gasteiger partial charge in [0.1, 0.15) is 0 Å². The zero-order valence-corrected chi connectivity index (χ0v) is 5.11. The van der Waals surface area contributed by atoms with Gasteiger partial charge in [0.15, 0.2) is 0 Å². The van der Waals surface area contributed by atoms with Crippen molar-refractivity contribution in [1.82, 2.24) is 0 Å². The molecule has 0 saturated carbocycles. The van der Waals surface area contributed by atoms with E-state index in [-0.39, 0.29) is 48.7 Å². The molecule has 4 N–H and O–H groups in total. The van der Waals surface area contributed by atoms with Crippen LogP contribution in [-0.2, 0) is 5.04 Å². The van der Waals surface area contributed by atoms with Crippen molar-refractivity contribution in [3.63, 3.8) is 0 Å². The number of hydrogen-bond donors (Lipinski definition) is 2. The van der Waals surface area contributed by atoms with Gasteiger partial charge in [0, 0.05) is 0 Å². The summed E-state index contributed by atoms with van der Waals surface area (Å²) in [5.74, 6) is 0. The summed E-state index contributed by atoms with van der Waals surface area (Å²) in [5, 5.41) is 15.5. The van der Waals surface area contributed by atoms with Gasteiger partial charge in [-0.15, -0.1) is 0 Å². The van der Waals surface area contributed by atoms with Crippen molar-refractivity contribution in [2.45, 2.75) is 0 Å². The van der Waals surface area contributed by atoms with Crippen LogP contribution in [0.15, 0.2) is 0 Å². The molecule has 0 aliphatic rings. The summed E-state index contributed by atoms with van der Waals surface area (Å²) >= 11 is 0. The fourth-order valence-corrected chi connectivity index (χ4v) is 0. The Labute approximate surface area is 64.0 Å². The molecular formula is H4CaO5. The first-order chi connectivity index (χ1) is 1.41. The Morgan fingerprint density at radius 3 is 1.00 bits per heavy atom. The molecule has 36 valence electrons. The molecule has 0 aromatic carbocycles. The maximum absolute atomic E-state index is 6.62. The second-order valence-electron chi connectivity index (χ2n) is 0.0816. The summed E-state index contributed by atoms with van der Waals surface area (Å²) in [5.41, 5.74) is 0. The molecule has 5 nitrogen and oxygen atoms in total. The van der Waals surface area contributed by atoms with Crippen molar-refractivity contribution in [1.29, 1.82) is 0 Å². The van der Waals surface area contributed by atoms with Crippen LogP contribution < -0.4 is 0 Å². The normalized spacial score (nSPS) is 3.00. The standard InChI is InChI=1S/Ca.H2O3.2H2O/c;1-3-2;;/h;1-2H;2*1H2/q+2;;;/p-2. The Morgan fingerprint density at radius 1 is 1.00 bits per heavy atom. The van der Waals surface area contributed by atoms with Gasteiger partial charge in [0.2, 0.25) is 0 Å². The molecule has 0 heterocycles. The average molecular weight is 124 g/mol. The van der Waals surface area contributed by atoms with Crippen molar-refractivity contribution in [2.75, 3.05) is 0 Å². The zero-order chi connectivity index (χ0) is 2.71. The number of rotatable bonds is 0. The summed E-state index contributed by atoms with van der Waals surface area (Å²) in [6, 6.07) is 0. The molecule has 0 atom stereocenters. The monoisotopic (exact) mass is 124 g/mol. The Morgan fingerprint density at radius 2 is 1.00 bits per heavy atom.